The fourth-order valence-electron chi connectivity index (χ4n) is 2.34. The van der Waals surface area contributed by atoms with Crippen LogP contribution in [0.4, 0.5) is 5.13 Å². The van der Waals surface area contributed by atoms with E-state index in [9.17, 15) is 0 Å². The Morgan fingerprint density at radius 2 is 2.00 bits per heavy atom. The summed E-state index contributed by atoms with van der Waals surface area (Å²) in [6.45, 7) is 1.91. The second kappa shape index (κ2) is 6.07. The molecule has 23 heavy (non-hydrogen) atoms. The number of thiazole rings is 1. The van der Waals surface area contributed by atoms with Crippen molar-refractivity contribution in [2.24, 2.45) is 0 Å². The van der Waals surface area contributed by atoms with Gasteiger partial charge in [0.1, 0.15) is 0 Å². The van der Waals surface area contributed by atoms with Gasteiger partial charge in [-0.05, 0) is 25.1 Å². The second-order valence-corrected chi connectivity index (χ2v) is 5.99. The van der Waals surface area contributed by atoms with Gasteiger partial charge in [-0.2, -0.15) is 5.26 Å². The van der Waals surface area contributed by atoms with Crippen molar-refractivity contribution in [3.8, 4) is 33.6 Å². The first-order chi connectivity index (χ1) is 11.1. The first kappa shape index (κ1) is 15.0. The van der Waals surface area contributed by atoms with E-state index in [1.54, 1.807) is 13.2 Å². The minimum atomic E-state index is 0.478. The number of nitrogens with zero attached hydrogens (tertiary/aromatic N) is 3. The van der Waals surface area contributed by atoms with Crippen LogP contribution in [-0.2, 0) is 0 Å². The summed E-state index contributed by atoms with van der Waals surface area (Å²) in [4.78, 5) is 9.68. The average Bonchev–Trinajstić information content (AvgIpc) is 2.96. The molecule has 0 spiro atoms. The zero-order valence-electron chi connectivity index (χ0n) is 12.7. The second-order valence-electron chi connectivity index (χ2n) is 4.96. The van der Waals surface area contributed by atoms with Crippen LogP contribution in [0.2, 0.25) is 0 Å². The van der Waals surface area contributed by atoms with Gasteiger partial charge in [0.15, 0.2) is 5.13 Å². The summed E-state index contributed by atoms with van der Waals surface area (Å²) in [6, 6.07) is 13.3. The Kier molecular flexibility index (Phi) is 3.96. The molecule has 0 saturated heterocycles. The lowest BCUT2D eigenvalue weighted by molar-refractivity contribution is 0.397. The van der Waals surface area contributed by atoms with Crippen LogP contribution in [0.1, 0.15) is 11.3 Å². The highest BCUT2D eigenvalue weighted by Gasteiger charge is 2.15. The summed E-state index contributed by atoms with van der Waals surface area (Å²) < 4.78 is 5.24. The summed E-state index contributed by atoms with van der Waals surface area (Å²) >= 11 is 1.40. The van der Waals surface area contributed by atoms with Gasteiger partial charge in [-0.1, -0.05) is 23.5 Å². The van der Waals surface area contributed by atoms with E-state index in [1.807, 2.05) is 37.3 Å². The molecule has 3 aromatic rings. The van der Waals surface area contributed by atoms with Crippen LogP contribution in [0.25, 0.3) is 21.7 Å². The van der Waals surface area contributed by atoms with Crippen molar-refractivity contribution in [1.82, 2.24) is 9.97 Å². The van der Waals surface area contributed by atoms with E-state index in [0.717, 1.165) is 27.4 Å². The Hall–Kier alpha value is -2.91. The number of anilines is 1. The molecule has 114 valence electrons. The zero-order chi connectivity index (χ0) is 16.4. The van der Waals surface area contributed by atoms with Crippen LogP contribution in [-0.4, -0.2) is 17.1 Å². The normalized spacial score (nSPS) is 10.3. The number of aryl methyl sites for hydroxylation is 1. The van der Waals surface area contributed by atoms with Gasteiger partial charge in [-0.25, -0.2) is 9.97 Å². The third kappa shape index (κ3) is 3.00. The number of hydrogen-bond donors (Lipinski definition) is 1. The minimum absolute atomic E-state index is 0.478. The molecule has 6 heteroatoms. The van der Waals surface area contributed by atoms with E-state index < -0.39 is 0 Å². The summed E-state index contributed by atoms with van der Waals surface area (Å²) in [6.07, 6.45) is 0. The Morgan fingerprint density at radius 1 is 1.17 bits per heavy atom. The quantitative estimate of drug-likeness (QED) is 0.795. The first-order valence-electron chi connectivity index (χ1n) is 6.90. The SMILES string of the molecule is COc1cc(-c2sc(N)nc2-c2cccc(C#N)c2)cc(C)n1. The topological polar surface area (TPSA) is 84.8 Å². The number of rotatable bonds is 3. The van der Waals surface area contributed by atoms with Gasteiger partial charge in [-0.15, -0.1) is 0 Å². The number of hydrogen-bond acceptors (Lipinski definition) is 6. The first-order valence-corrected chi connectivity index (χ1v) is 7.72. The zero-order valence-corrected chi connectivity index (χ0v) is 13.5. The van der Waals surface area contributed by atoms with Crippen LogP contribution < -0.4 is 10.5 Å². The molecule has 0 aliphatic carbocycles. The molecule has 0 aliphatic heterocycles. The monoisotopic (exact) mass is 322 g/mol. The largest absolute Gasteiger partial charge is 0.481 e. The highest BCUT2D eigenvalue weighted by molar-refractivity contribution is 7.19. The molecule has 3 rings (SSSR count). The molecule has 0 fully saturated rings. The van der Waals surface area contributed by atoms with Gasteiger partial charge in [0.2, 0.25) is 5.88 Å². The molecule has 0 unspecified atom stereocenters. The molecular formula is C17H14N4OS. The van der Waals surface area contributed by atoms with Crippen LogP contribution in [0.3, 0.4) is 0 Å². The highest BCUT2D eigenvalue weighted by Crippen LogP contribution is 2.39. The van der Waals surface area contributed by atoms with E-state index in [0.29, 0.717) is 16.6 Å². The van der Waals surface area contributed by atoms with Gasteiger partial charge in [0, 0.05) is 22.9 Å². The molecule has 5 nitrogen and oxygen atoms in total. The van der Waals surface area contributed by atoms with Crippen LogP contribution in [0, 0.1) is 18.3 Å². The van der Waals surface area contributed by atoms with Crippen LogP contribution >= 0.6 is 11.3 Å². The number of nitriles is 1. The fourth-order valence-corrected chi connectivity index (χ4v) is 3.18. The summed E-state index contributed by atoms with van der Waals surface area (Å²) in [5, 5.41) is 9.57. The summed E-state index contributed by atoms with van der Waals surface area (Å²) in [5.41, 5.74) is 9.93. The maximum absolute atomic E-state index is 9.09. The minimum Gasteiger partial charge on any atom is -0.481 e. The molecule has 2 heterocycles. The molecule has 2 aromatic heterocycles. The number of nitrogen functional groups attached to an aromatic ring is 1. The van der Waals surface area contributed by atoms with Gasteiger partial charge >= 0.3 is 0 Å². The molecular weight excluding hydrogens is 308 g/mol. The number of benzene rings is 1. The lowest BCUT2D eigenvalue weighted by atomic mass is 10.0. The highest BCUT2D eigenvalue weighted by atomic mass is 32.1. The van der Waals surface area contributed by atoms with Crippen molar-refractivity contribution in [3.05, 3.63) is 47.7 Å². The van der Waals surface area contributed by atoms with Gasteiger partial charge < -0.3 is 10.5 Å². The summed E-state index contributed by atoms with van der Waals surface area (Å²) in [5.74, 6) is 0.545. The van der Waals surface area contributed by atoms with E-state index >= 15 is 0 Å². The van der Waals surface area contributed by atoms with E-state index in [-0.39, 0.29) is 0 Å². The average molecular weight is 322 g/mol. The molecule has 0 amide bonds. The number of nitrogens with two attached hydrogens (primary N) is 1. The van der Waals surface area contributed by atoms with Crippen LogP contribution in [0.15, 0.2) is 36.4 Å². The Labute approximate surface area is 138 Å². The molecule has 0 saturated carbocycles. The van der Waals surface area contributed by atoms with Crippen molar-refractivity contribution >= 4 is 16.5 Å². The number of ether oxygens (including phenoxy) is 1. The molecule has 2 N–H and O–H groups in total. The fraction of sp³-hybridized carbons (Fsp3) is 0.118. The lowest BCUT2D eigenvalue weighted by Gasteiger charge is -2.06. The Balaban J connectivity index is 2.18. The number of methoxy groups -OCH3 is 1. The standard InChI is InChI=1S/C17H14N4OS/c1-10-6-13(8-14(20-10)22-2)16-15(21-17(19)23-16)12-5-3-4-11(7-12)9-18/h3-8H,1-2H3,(H2,19,21). The molecule has 0 radical (unpaired) electrons. The van der Waals surface area contributed by atoms with Crippen molar-refractivity contribution in [1.29, 1.82) is 5.26 Å². The van der Waals surface area contributed by atoms with Crippen molar-refractivity contribution in [2.45, 2.75) is 6.92 Å². The van der Waals surface area contributed by atoms with Crippen LogP contribution in [0.5, 0.6) is 5.88 Å². The predicted molar refractivity (Wildman–Crippen MR) is 91.2 cm³/mol. The smallest absolute Gasteiger partial charge is 0.213 e. The molecule has 0 bridgehead atoms. The van der Waals surface area contributed by atoms with Crippen molar-refractivity contribution in [3.63, 3.8) is 0 Å². The maximum Gasteiger partial charge on any atom is 0.213 e. The van der Waals surface area contributed by atoms with Crippen molar-refractivity contribution in [2.75, 3.05) is 12.8 Å². The van der Waals surface area contributed by atoms with Crippen molar-refractivity contribution < 1.29 is 4.74 Å². The molecule has 1 aromatic carbocycles. The van der Waals surface area contributed by atoms with Gasteiger partial charge in [0.25, 0.3) is 0 Å². The van der Waals surface area contributed by atoms with Gasteiger partial charge in [-0.3, -0.25) is 0 Å². The van der Waals surface area contributed by atoms with Gasteiger partial charge in [0.05, 0.1) is 29.3 Å². The Morgan fingerprint density at radius 3 is 2.74 bits per heavy atom. The molecule has 0 atom stereocenters. The predicted octanol–water partition coefficient (Wildman–Crippen LogP) is 3.64. The van der Waals surface area contributed by atoms with E-state index in [4.69, 9.17) is 15.7 Å². The number of aromatic nitrogens is 2. The third-order valence-corrected chi connectivity index (χ3v) is 4.24. The third-order valence-electron chi connectivity index (χ3n) is 3.31. The number of pyridine rings is 1. The van der Waals surface area contributed by atoms with E-state index in [2.05, 4.69) is 16.0 Å². The van der Waals surface area contributed by atoms with E-state index in [1.165, 1.54) is 11.3 Å². The molecule has 0 aliphatic rings. The lowest BCUT2D eigenvalue weighted by Crippen LogP contribution is -1.91. The summed E-state index contributed by atoms with van der Waals surface area (Å²) in [7, 11) is 1.59. The maximum atomic E-state index is 9.09. The Bertz CT molecular complexity index is 911.